The molecule has 0 N–H and O–H groups in total. The molecule has 0 saturated carbocycles. The van der Waals surface area contributed by atoms with E-state index >= 15 is 0 Å². The Morgan fingerprint density at radius 2 is 0.875 bits per heavy atom. The highest BCUT2D eigenvalue weighted by atomic mass is 15.4. The molecule has 3 saturated heterocycles. The molecule has 0 unspecified atom stereocenters. The highest BCUT2D eigenvalue weighted by Gasteiger charge is 2.58. The predicted molar refractivity (Wildman–Crippen MR) is 69.8 cm³/mol. The van der Waals surface area contributed by atoms with E-state index in [4.69, 9.17) is 0 Å². The fourth-order valence-electron chi connectivity index (χ4n) is 4.86. The summed E-state index contributed by atoms with van der Waals surface area (Å²) < 4.78 is 0. The SMILES string of the molecule is CCC1(CC)N2CCN(CC2)C1(CC)CC. The summed E-state index contributed by atoms with van der Waals surface area (Å²) in [6.07, 6.45) is 5.23. The van der Waals surface area contributed by atoms with Crippen molar-refractivity contribution in [2.75, 3.05) is 26.2 Å². The largest absolute Gasteiger partial charge is 0.293 e. The first-order chi connectivity index (χ1) is 7.70. The van der Waals surface area contributed by atoms with Gasteiger partial charge in [-0.3, -0.25) is 9.80 Å². The number of piperazine rings is 3. The Balaban J connectivity index is 2.44. The summed E-state index contributed by atoms with van der Waals surface area (Å²) in [6, 6.07) is 0. The van der Waals surface area contributed by atoms with E-state index in [1.165, 1.54) is 51.9 Å². The summed E-state index contributed by atoms with van der Waals surface area (Å²) in [7, 11) is 0. The summed E-state index contributed by atoms with van der Waals surface area (Å²) in [4.78, 5) is 5.61. The van der Waals surface area contributed by atoms with Gasteiger partial charge in [-0.25, -0.2) is 0 Å². The van der Waals surface area contributed by atoms with Crippen molar-refractivity contribution >= 4 is 0 Å². The van der Waals surface area contributed by atoms with Gasteiger partial charge in [-0.1, -0.05) is 27.7 Å². The second-order valence-electron chi connectivity index (χ2n) is 5.45. The van der Waals surface area contributed by atoms with Crippen LogP contribution in [0.3, 0.4) is 0 Å². The molecule has 2 heteroatoms. The van der Waals surface area contributed by atoms with E-state index < -0.39 is 0 Å². The van der Waals surface area contributed by atoms with Gasteiger partial charge in [0.15, 0.2) is 0 Å². The number of hydrogen-bond acceptors (Lipinski definition) is 2. The zero-order valence-electron chi connectivity index (χ0n) is 11.6. The molecular formula is C14H28N2. The van der Waals surface area contributed by atoms with E-state index in [1.54, 1.807) is 0 Å². The van der Waals surface area contributed by atoms with Gasteiger partial charge in [0.25, 0.3) is 0 Å². The van der Waals surface area contributed by atoms with Crippen LogP contribution in [-0.2, 0) is 0 Å². The van der Waals surface area contributed by atoms with Crippen molar-refractivity contribution in [1.29, 1.82) is 0 Å². The Labute approximate surface area is 101 Å². The van der Waals surface area contributed by atoms with Gasteiger partial charge < -0.3 is 0 Å². The Bertz CT molecular complexity index is 207. The number of hydrogen-bond donors (Lipinski definition) is 0. The molecule has 3 heterocycles. The van der Waals surface area contributed by atoms with Crippen LogP contribution >= 0.6 is 0 Å². The first-order valence-electron chi connectivity index (χ1n) is 7.20. The van der Waals surface area contributed by atoms with Crippen LogP contribution in [0, 0.1) is 0 Å². The average molecular weight is 224 g/mol. The van der Waals surface area contributed by atoms with E-state index in [2.05, 4.69) is 37.5 Å². The van der Waals surface area contributed by atoms with Crippen molar-refractivity contribution in [2.45, 2.75) is 64.5 Å². The number of nitrogens with zero attached hydrogens (tertiary/aromatic N) is 2. The molecule has 0 spiro atoms. The maximum Gasteiger partial charge on any atom is 0.0388 e. The molecule has 3 fully saturated rings. The van der Waals surface area contributed by atoms with E-state index in [0.29, 0.717) is 11.1 Å². The quantitative estimate of drug-likeness (QED) is 0.724. The van der Waals surface area contributed by atoms with Crippen LogP contribution < -0.4 is 0 Å². The molecule has 0 aromatic heterocycles. The lowest BCUT2D eigenvalue weighted by atomic mass is 9.64. The molecule has 0 amide bonds. The van der Waals surface area contributed by atoms with Crippen molar-refractivity contribution in [2.24, 2.45) is 0 Å². The molecule has 0 radical (unpaired) electrons. The molecule has 0 aliphatic carbocycles. The average Bonchev–Trinajstić information content (AvgIpc) is 2.38. The van der Waals surface area contributed by atoms with Gasteiger partial charge in [0.1, 0.15) is 0 Å². The third kappa shape index (κ3) is 1.26. The van der Waals surface area contributed by atoms with Crippen LogP contribution in [-0.4, -0.2) is 47.1 Å². The van der Waals surface area contributed by atoms with Gasteiger partial charge in [0, 0.05) is 37.3 Å². The molecule has 0 aromatic carbocycles. The molecule has 16 heavy (non-hydrogen) atoms. The van der Waals surface area contributed by atoms with Crippen molar-refractivity contribution in [3.8, 4) is 0 Å². The molecular weight excluding hydrogens is 196 g/mol. The highest BCUT2D eigenvalue weighted by Crippen LogP contribution is 2.48. The van der Waals surface area contributed by atoms with Gasteiger partial charge in [0.05, 0.1) is 0 Å². The lowest BCUT2D eigenvalue weighted by Crippen LogP contribution is -2.79. The topological polar surface area (TPSA) is 6.48 Å². The Morgan fingerprint density at radius 1 is 0.625 bits per heavy atom. The van der Waals surface area contributed by atoms with E-state index in [0.717, 1.165) is 0 Å². The molecule has 3 aliphatic heterocycles. The maximum absolute atomic E-state index is 2.81. The smallest absolute Gasteiger partial charge is 0.0388 e. The van der Waals surface area contributed by atoms with Crippen LogP contribution in [0.15, 0.2) is 0 Å². The first-order valence-corrected chi connectivity index (χ1v) is 7.20. The van der Waals surface area contributed by atoms with E-state index in [9.17, 15) is 0 Å². The minimum atomic E-state index is 0.451. The molecule has 2 nitrogen and oxygen atoms in total. The predicted octanol–water partition coefficient (Wildman–Crippen LogP) is 2.74. The van der Waals surface area contributed by atoms with Gasteiger partial charge in [-0.15, -0.1) is 0 Å². The van der Waals surface area contributed by atoms with E-state index in [1.807, 2.05) is 0 Å². The Morgan fingerprint density at radius 3 is 1.06 bits per heavy atom. The van der Waals surface area contributed by atoms with Crippen LogP contribution in [0.25, 0.3) is 0 Å². The molecule has 94 valence electrons. The lowest BCUT2D eigenvalue weighted by molar-refractivity contribution is -0.169. The van der Waals surface area contributed by atoms with E-state index in [-0.39, 0.29) is 0 Å². The van der Waals surface area contributed by atoms with Crippen LogP contribution in [0.5, 0.6) is 0 Å². The van der Waals surface area contributed by atoms with Crippen molar-refractivity contribution in [3.05, 3.63) is 0 Å². The summed E-state index contributed by atoms with van der Waals surface area (Å²) in [6.45, 7) is 14.8. The van der Waals surface area contributed by atoms with Gasteiger partial charge in [-0.2, -0.15) is 0 Å². The maximum atomic E-state index is 2.81. The highest BCUT2D eigenvalue weighted by molar-refractivity contribution is 5.16. The minimum Gasteiger partial charge on any atom is -0.293 e. The van der Waals surface area contributed by atoms with Crippen molar-refractivity contribution in [1.82, 2.24) is 9.80 Å². The number of fused-ring (bicyclic) bond motifs is 3. The van der Waals surface area contributed by atoms with Gasteiger partial charge in [0.2, 0.25) is 0 Å². The van der Waals surface area contributed by atoms with Crippen LogP contribution in [0.2, 0.25) is 0 Å². The third-order valence-electron chi connectivity index (χ3n) is 5.70. The molecule has 3 aliphatic rings. The molecule has 0 atom stereocenters. The summed E-state index contributed by atoms with van der Waals surface area (Å²) in [5, 5.41) is 0. The fraction of sp³-hybridized carbons (Fsp3) is 1.00. The Hall–Kier alpha value is -0.0800. The van der Waals surface area contributed by atoms with Crippen molar-refractivity contribution in [3.63, 3.8) is 0 Å². The third-order valence-corrected chi connectivity index (χ3v) is 5.70. The normalized spacial score (nSPS) is 35.2. The second-order valence-corrected chi connectivity index (χ2v) is 5.45. The minimum absolute atomic E-state index is 0.451. The zero-order valence-corrected chi connectivity index (χ0v) is 11.6. The summed E-state index contributed by atoms with van der Waals surface area (Å²) in [5.41, 5.74) is 0.903. The lowest BCUT2D eigenvalue weighted by Gasteiger charge is -2.68. The van der Waals surface area contributed by atoms with Gasteiger partial charge in [-0.05, 0) is 25.7 Å². The molecule has 3 rings (SSSR count). The van der Waals surface area contributed by atoms with Crippen LogP contribution in [0.1, 0.15) is 53.4 Å². The summed E-state index contributed by atoms with van der Waals surface area (Å²) >= 11 is 0. The van der Waals surface area contributed by atoms with Crippen LogP contribution in [0.4, 0.5) is 0 Å². The zero-order chi connectivity index (χ0) is 11.8. The second kappa shape index (κ2) is 4.30. The van der Waals surface area contributed by atoms with Gasteiger partial charge >= 0.3 is 0 Å². The first kappa shape index (κ1) is 12.4. The summed E-state index contributed by atoms with van der Waals surface area (Å²) in [5.74, 6) is 0. The standard InChI is InChI=1S/C14H28N2/c1-5-13(6-2)14(7-3,8-4)16-11-9-15(13)10-12-16/h5-12H2,1-4H3. The number of rotatable bonds is 4. The molecule has 2 bridgehead atoms. The monoisotopic (exact) mass is 224 g/mol. The van der Waals surface area contributed by atoms with Crippen molar-refractivity contribution < 1.29 is 0 Å². The molecule has 0 aromatic rings. The fourth-order valence-corrected chi connectivity index (χ4v) is 4.86. The Kier molecular flexibility index (Phi) is 3.33.